The Labute approximate surface area is 131 Å². The van der Waals surface area contributed by atoms with E-state index in [1.807, 2.05) is 0 Å². The Balaban J connectivity index is 2.27. The molecule has 0 aliphatic heterocycles. The van der Waals surface area contributed by atoms with Gasteiger partial charge in [0.15, 0.2) is 0 Å². The Morgan fingerprint density at radius 3 is 2.16 bits per heavy atom. The van der Waals surface area contributed by atoms with Crippen molar-refractivity contribution in [1.29, 1.82) is 0 Å². The molecule has 0 spiro atoms. The molecule has 0 aromatic heterocycles. The Bertz CT molecular complexity index is 549. The summed E-state index contributed by atoms with van der Waals surface area (Å²) in [4.78, 5) is 2.20. The highest BCUT2D eigenvalue weighted by molar-refractivity contribution is 9.10. The largest absolute Gasteiger partial charge is 0.345 e. The molecule has 0 atom stereocenters. The second-order valence-corrected chi connectivity index (χ2v) is 5.90. The molecule has 19 heavy (non-hydrogen) atoms. The number of anilines is 2. The summed E-state index contributed by atoms with van der Waals surface area (Å²) in [5.41, 5.74) is 5.02. The molecule has 1 nitrogen and oxygen atoms in total. The summed E-state index contributed by atoms with van der Waals surface area (Å²) in [6.45, 7) is 2.18. The molecule has 3 heteroatoms. The van der Waals surface area contributed by atoms with Crippen LogP contribution < -0.4 is 4.90 Å². The topological polar surface area (TPSA) is 3.24 Å². The zero-order valence-corrected chi connectivity index (χ0v) is 14.3. The van der Waals surface area contributed by atoms with Gasteiger partial charge in [0, 0.05) is 28.2 Å². The van der Waals surface area contributed by atoms with Crippen molar-refractivity contribution in [3.63, 3.8) is 0 Å². The van der Waals surface area contributed by atoms with Gasteiger partial charge in [0.2, 0.25) is 0 Å². The van der Waals surface area contributed by atoms with Crippen molar-refractivity contribution >= 4 is 43.2 Å². The highest BCUT2D eigenvalue weighted by Crippen LogP contribution is 2.29. The highest BCUT2D eigenvalue weighted by atomic mass is 79.9. The molecule has 0 bridgehead atoms. The van der Waals surface area contributed by atoms with Gasteiger partial charge in [0.25, 0.3) is 0 Å². The lowest BCUT2D eigenvalue weighted by Crippen LogP contribution is -2.09. The minimum atomic E-state index is 0.864. The van der Waals surface area contributed by atoms with Crippen molar-refractivity contribution in [3.05, 3.63) is 58.1 Å². The second kappa shape index (κ2) is 6.58. The Kier molecular flexibility index (Phi) is 5.06. The molecule has 0 aliphatic rings. The SMILES string of the molecule is CCc1ccc(N(C)c2ccc(CBr)c(Br)c2)cc1. The summed E-state index contributed by atoms with van der Waals surface area (Å²) >= 11 is 7.10. The van der Waals surface area contributed by atoms with E-state index in [0.717, 1.165) is 16.2 Å². The molecular formula is C16H17Br2N. The van der Waals surface area contributed by atoms with E-state index in [9.17, 15) is 0 Å². The molecule has 0 fully saturated rings. The third-order valence-electron chi connectivity index (χ3n) is 3.30. The second-order valence-electron chi connectivity index (χ2n) is 4.49. The number of hydrogen-bond acceptors (Lipinski definition) is 1. The molecule has 0 aliphatic carbocycles. The van der Waals surface area contributed by atoms with Gasteiger partial charge in [0.05, 0.1) is 0 Å². The van der Waals surface area contributed by atoms with Gasteiger partial charge in [-0.15, -0.1) is 0 Å². The summed E-state index contributed by atoms with van der Waals surface area (Å²) in [7, 11) is 2.09. The summed E-state index contributed by atoms with van der Waals surface area (Å²) in [6.07, 6.45) is 1.08. The molecule has 2 aromatic carbocycles. The number of rotatable bonds is 4. The van der Waals surface area contributed by atoms with Gasteiger partial charge < -0.3 is 4.90 Å². The van der Waals surface area contributed by atoms with Crippen LogP contribution in [0.15, 0.2) is 46.9 Å². The Morgan fingerprint density at radius 1 is 1.00 bits per heavy atom. The number of nitrogens with zero attached hydrogens (tertiary/aromatic N) is 1. The van der Waals surface area contributed by atoms with Crippen molar-refractivity contribution in [2.75, 3.05) is 11.9 Å². The minimum absolute atomic E-state index is 0.864. The molecule has 0 unspecified atom stereocenters. The van der Waals surface area contributed by atoms with Crippen LogP contribution in [-0.4, -0.2) is 7.05 Å². The molecule has 0 saturated carbocycles. The van der Waals surface area contributed by atoms with Crippen LogP contribution in [0.3, 0.4) is 0 Å². The summed E-state index contributed by atoms with van der Waals surface area (Å²) < 4.78 is 1.14. The van der Waals surface area contributed by atoms with Crippen LogP contribution in [0.2, 0.25) is 0 Å². The van der Waals surface area contributed by atoms with Gasteiger partial charge in [-0.1, -0.05) is 57.0 Å². The van der Waals surface area contributed by atoms with Gasteiger partial charge in [0.1, 0.15) is 0 Å². The van der Waals surface area contributed by atoms with Crippen LogP contribution >= 0.6 is 31.9 Å². The molecule has 2 aromatic rings. The van der Waals surface area contributed by atoms with Gasteiger partial charge in [-0.2, -0.15) is 0 Å². The van der Waals surface area contributed by atoms with E-state index in [2.05, 4.69) is 93.2 Å². The van der Waals surface area contributed by atoms with Crippen LogP contribution in [0, 0.1) is 0 Å². The molecule has 100 valence electrons. The Morgan fingerprint density at radius 2 is 1.63 bits per heavy atom. The van der Waals surface area contributed by atoms with Crippen molar-refractivity contribution < 1.29 is 0 Å². The van der Waals surface area contributed by atoms with Crippen LogP contribution in [-0.2, 0) is 11.8 Å². The number of alkyl halides is 1. The van der Waals surface area contributed by atoms with E-state index in [1.165, 1.54) is 22.5 Å². The van der Waals surface area contributed by atoms with Gasteiger partial charge in [-0.05, 0) is 41.8 Å². The normalized spacial score (nSPS) is 10.5. The van der Waals surface area contributed by atoms with Crippen molar-refractivity contribution in [2.45, 2.75) is 18.7 Å². The maximum absolute atomic E-state index is 3.61. The maximum Gasteiger partial charge on any atom is 0.0419 e. The average molecular weight is 383 g/mol. The lowest BCUT2D eigenvalue weighted by atomic mass is 10.1. The van der Waals surface area contributed by atoms with Crippen LogP contribution in [0.5, 0.6) is 0 Å². The summed E-state index contributed by atoms with van der Waals surface area (Å²) in [5.74, 6) is 0. The number of benzene rings is 2. The number of hydrogen-bond donors (Lipinski definition) is 0. The molecular weight excluding hydrogens is 366 g/mol. The van der Waals surface area contributed by atoms with Crippen LogP contribution in [0.1, 0.15) is 18.1 Å². The predicted octanol–water partition coefficient (Wildman–Crippen LogP) is 5.67. The molecule has 0 heterocycles. The fourth-order valence-corrected chi connectivity index (χ4v) is 3.33. The van der Waals surface area contributed by atoms with Crippen LogP contribution in [0.4, 0.5) is 11.4 Å². The fourth-order valence-electron chi connectivity index (χ4n) is 1.96. The van der Waals surface area contributed by atoms with Crippen molar-refractivity contribution in [3.8, 4) is 0 Å². The molecule has 2 rings (SSSR count). The molecule has 0 radical (unpaired) electrons. The summed E-state index contributed by atoms with van der Waals surface area (Å²) in [6, 6.07) is 15.2. The smallest absolute Gasteiger partial charge is 0.0419 e. The zero-order chi connectivity index (χ0) is 13.8. The highest BCUT2D eigenvalue weighted by Gasteiger charge is 2.06. The number of aryl methyl sites for hydroxylation is 1. The molecule has 0 N–H and O–H groups in total. The Hall–Kier alpha value is -0.800. The van der Waals surface area contributed by atoms with Crippen molar-refractivity contribution in [1.82, 2.24) is 0 Å². The third-order valence-corrected chi connectivity index (χ3v) is 4.64. The lowest BCUT2D eigenvalue weighted by Gasteiger charge is -2.20. The van der Waals surface area contributed by atoms with E-state index in [-0.39, 0.29) is 0 Å². The first-order valence-corrected chi connectivity index (χ1v) is 8.24. The van der Waals surface area contributed by atoms with Gasteiger partial charge >= 0.3 is 0 Å². The predicted molar refractivity (Wildman–Crippen MR) is 90.7 cm³/mol. The van der Waals surface area contributed by atoms with Gasteiger partial charge in [-0.3, -0.25) is 0 Å². The lowest BCUT2D eigenvalue weighted by molar-refractivity contribution is 1.13. The first kappa shape index (κ1) is 14.6. The zero-order valence-electron chi connectivity index (χ0n) is 11.2. The van der Waals surface area contributed by atoms with E-state index >= 15 is 0 Å². The van der Waals surface area contributed by atoms with Gasteiger partial charge in [-0.25, -0.2) is 0 Å². The molecule has 0 saturated heterocycles. The number of halogens is 2. The van der Waals surface area contributed by atoms with E-state index < -0.39 is 0 Å². The monoisotopic (exact) mass is 381 g/mol. The third kappa shape index (κ3) is 3.40. The van der Waals surface area contributed by atoms with Crippen LogP contribution in [0.25, 0.3) is 0 Å². The van der Waals surface area contributed by atoms with E-state index in [1.54, 1.807) is 0 Å². The standard InChI is InChI=1S/C16H17Br2N/c1-3-12-4-7-14(8-5-12)19(2)15-9-6-13(11-17)16(18)10-15/h4-10H,3,11H2,1-2H3. The fraction of sp³-hybridized carbons (Fsp3) is 0.250. The maximum atomic E-state index is 3.61. The van der Waals surface area contributed by atoms with E-state index in [0.29, 0.717) is 0 Å². The minimum Gasteiger partial charge on any atom is -0.345 e. The first-order chi connectivity index (χ1) is 9.15. The first-order valence-electron chi connectivity index (χ1n) is 6.32. The van der Waals surface area contributed by atoms with Crippen molar-refractivity contribution in [2.24, 2.45) is 0 Å². The quantitative estimate of drug-likeness (QED) is 0.615. The molecule has 0 amide bonds. The summed E-state index contributed by atoms with van der Waals surface area (Å²) in [5, 5.41) is 0.864. The van der Waals surface area contributed by atoms with E-state index in [4.69, 9.17) is 0 Å². The average Bonchev–Trinajstić information content (AvgIpc) is 2.46.